The third kappa shape index (κ3) is 3.48. The Morgan fingerprint density at radius 1 is 0.967 bits per heavy atom. The Hall–Kier alpha value is -2.77. The van der Waals surface area contributed by atoms with Crippen LogP contribution in [0.25, 0.3) is 22.2 Å². The van der Waals surface area contributed by atoms with Crippen LogP contribution in [0.3, 0.4) is 0 Å². The molecule has 0 spiro atoms. The van der Waals surface area contributed by atoms with Gasteiger partial charge >= 0.3 is 7.12 Å². The van der Waals surface area contributed by atoms with Gasteiger partial charge in [0.1, 0.15) is 6.33 Å². The highest BCUT2D eigenvalue weighted by Gasteiger charge is 2.51. The number of aromatic nitrogens is 2. The first-order valence-corrected chi connectivity index (χ1v) is 10.0. The predicted octanol–water partition coefficient (Wildman–Crippen LogP) is 3.30. The van der Waals surface area contributed by atoms with Crippen LogP contribution >= 0.6 is 0 Å². The minimum absolute atomic E-state index is 0.0480. The van der Waals surface area contributed by atoms with E-state index in [4.69, 9.17) is 9.31 Å². The van der Waals surface area contributed by atoms with Crippen LogP contribution in [0.1, 0.15) is 38.1 Å². The lowest BCUT2D eigenvalue weighted by atomic mass is 9.78. The maximum atomic E-state index is 12.4. The Balaban J connectivity index is 1.79. The summed E-state index contributed by atoms with van der Waals surface area (Å²) in [4.78, 5) is 22.9. The summed E-state index contributed by atoms with van der Waals surface area (Å²) < 4.78 is 12.4. The first-order chi connectivity index (χ1) is 14.1. The van der Waals surface area contributed by atoms with Gasteiger partial charge in [0.05, 0.1) is 22.4 Å². The molecule has 30 heavy (non-hydrogen) atoms. The maximum Gasteiger partial charge on any atom is 0.494 e. The average Bonchev–Trinajstić information content (AvgIpc) is 2.93. The summed E-state index contributed by atoms with van der Waals surface area (Å²) in [6, 6.07) is 13.5. The Morgan fingerprint density at radius 2 is 1.67 bits per heavy atom. The minimum atomic E-state index is -0.464. The van der Waals surface area contributed by atoms with Crippen LogP contribution in [-0.2, 0) is 9.31 Å². The van der Waals surface area contributed by atoms with Crippen molar-refractivity contribution in [2.45, 2.75) is 38.9 Å². The van der Waals surface area contributed by atoms with Crippen LogP contribution in [-0.4, -0.2) is 53.2 Å². The van der Waals surface area contributed by atoms with Crippen LogP contribution in [0.2, 0.25) is 0 Å². The van der Waals surface area contributed by atoms with Crippen molar-refractivity contribution in [3.8, 4) is 11.3 Å². The molecular weight excluding hydrogens is 377 g/mol. The fourth-order valence-corrected chi connectivity index (χ4v) is 3.49. The van der Waals surface area contributed by atoms with Gasteiger partial charge in [-0.3, -0.25) is 4.79 Å². The zero-order valence-corrected chi connectivity index (χ0v) is 18.3. The first kappa shape index (κ1) is 20.5. The van der Waals surface area contributed by atoms with E-state index in [0.29, 0.717) is 5.56 Å². The van der Waals surface area contributed by atoms with Crippen molar-refractivity contribution < 1.29 is 14.1 Å². The van der Waals surface area contributed by atoms with Gasteiger partial charge in [-0.25, -0.2) is 9.97 Å². The Morgan fingerprint density at radius 3 is 2.33 bits per heavy atom. The molecule has 6 nitrogen and oxygen atoms in total. The monoisotopic (exact) mass is 403 g/mol. The molecule has 0 radical (unpaired) electrons. The summed E-state index contributed by atoms with van der Waals surface area (Å²) in [6.07, 6.45) is 1.55. The van der Waals surface area contributed by atoms with E-state index in [9.17, 15) is 4.79 Å². The van der Waals surface area contributed by atoms with Gasteiger partial charge in [-0.05, 0) is 51.4 Å². The quantitative estimate of drug-likeness (QED) is 0.628. The summed E-state index contributed by atoms with van der Waals surface area (Å²) in [7, 11) is 3.02. The molecule has 0 atom stereocenters. The minimum Gasteiger partial charge on any atom is -0.399 e. The third-order valence-corrected chi connectivity index (χ3v) is 5.97. The largest absolute Gasteiger partial charge is 0.494 e. The SMILES string of the molecule is CN(C)C(=O)c1cccc(-c2ncnc3ccc(B4OC(C)(C)C(C)(C)O4)cc23)c1. The molecule has 2 aromatic carbocycles. The van der Waals surface area contributed by atoms with E-state index in [1.165, 1.54) is 0 Å². The molecule has 1 saturated heterocycles. The molecule has 0 unspecified atom stereocenters. The van der Waals surface area contributed by atoms with Crippen LogP contribution in [0, 0.1) is 0 Å². The van der Waals surface area contributed by atoms with Crippen molar-refractivity contribution in [1.29, 1.82) is 0 Å². The number of fused-ring (bicyclic) bond motifs is 1. The molecule has 4 rings (SSSR count). The second kappa shape index (κ2) is 7.18. The van der Waals surface area contributed by atoms with E-state index in [1.54, 1.807) is 25.3 Å². The first-order valence-electron chi connectivity index (χ1n) is 10.0. The van der Waals surface area contributed by atoms with Crippen molar-refractivity contribution >= 4 is 29.4 Å². The van der Waals surface area contributed by atoms with Gasteiger partial charge in [0.2, 0.25) is 0 Å². The van der Waals surface area contributed by atoms with Crippen molar-refractivity contribution in [3.63, 3.8) is 0 Å². The van der Waals surface area contributed by atoms with E-state index in [2.05, 4.69) is 9.97 Å². The number of hydrogen-bond donors (Lipinski definition) is 0. The lowest BCUT2D eigenvalue weighted by molar-refractivity contribution is 0.00578. The number of carbonyl (C=O) groups is 1. The third-order valence-electron chi connectivity index (χ3n) is 5.97. The molecule has 0 bridgehead atoms. The molecule has 1 fully saturated rings. The normalized spacial score (nSPS) is 17.3. The van der Waals surface area contributed by atoms with Crippen molar-refractivity contribution in [2.75, 3.05) is 14.1 Å². The summed E-state index contributed by atoms with van der Waals surface area (Å²) in [5.41, 5.74) is 3.16. The van der Waals surface area contributed by atoms with E-state index in [-0.39, 0.29) is 5.91 Å². The Labute approximate surface area is 177 Å². The lowest BCUT2D eigenvalue weighted by Gasteiger charge is -2.32. The highest BCUT2D eigenvalue weighted by Crippen LogP contribution is 2.37. The van der Waals surface area contributed by atoms with Crippen molar-refractivity contribution in [1.82, 2.24) is 14.9 Å². The maximum absolute atomic E-state index is 12.4. The number of benzene rings is 2. The van der Waals surface area contributed by atoms with E-state index < -0.39 is 18.3 Å². The fourth-order valence-electron chi connectivity index (χ4n) is 3.49. The molecule has 154 valence electrons. The molecule has 1 aromatic heterocycles. The molecule has 2 heterocycles. The lowest BCUT2D eigenvalue weighted by Crippen LogP contribution is -2.41. The highest BCUT2D eigenvalue weighted by molar-refractivity contribution is 6.62. The summed E-state index contributed by atoms with van der Waals surface area (Å²) >= 11 is 0. The smallest absolute Gasteiger partial charge is 0.399 e. The highest BCUT2D eigenvalue weighted by atomic mass is 16.7. The van der Waals surface area contributed by atoms with Gasteiger partial charge < -0.3 is 14.2 Å². The number of rotatable bonds is 3. The molecule has 1 aliphatic heterocycles. The van der Waals surface area contributed by atoms with E-state index >= 15 is 0 Å². The van der Waals surface area contributed by atoms with Crippen LogP contribution in [0.5, 0.6) is 0 Å². The summed E-state index contributed by atoms with van der Waals surface area (Å²) in [5.74, 6) is -0.0480. The molecule has 1 aliphatic rings. The molecule has 3 aromatic rings. The molecular formula is C23H26BN3O3. The molecule has 7 heteroatoms. The van der Waals surface area contributed by atoms with Crippen molar-refractivity contribution in [2.24, 2.45) is 0 Å². The van der Waals surface area contributed by atoms with Gasteiger partial charge in [0, 0.05) is 30.6 Å². The van der Waals surface area contributed by atoms with Gasteiger partial charge in [-0.1, -0.05) is 24.3 Å². The molecule has 0 N–H and O–H groups in total. The van der Waals surface area contributed by atoms with Crippen LogP contribution < -0.4 is 5.46 Å². The summed E-state index contributed by atoms with van der Waals surface area (Å²) in [5, 5.41) is 0.888. The second-order valence-corrected chi connectivity index (χ2v) is 8.87. The summed E-state index contributed by atoms with van der Waals surface area (Å²) in [6.45, 7) is 8.15. The zero-order valence-electron chi connectivity index (χ0n) is 18.3. The standard InChI is InChI=1S/C23H26BN3O3/c1-22(2)23(3,4)30-24(29-22)17-10-11-19-18(13-17)20(26-14-25-19)15-8-7-9-16(12-15)21(28)27(5)6/h7-14H,1-6H3. The molecule has 1 amide bonds. The second-order valence-electron chi connectivity index (χ2n) is 8.87. The van der Waals surface area contributed by atoms with E-state index in [1.807, 2.05) is 70.2 Å². The Kier molecular flexibility index (Phi) is 4.91. The number of carbonyl (C=O) groups excluding carboxylic acids is 1. The predicted molar refractivity (Wildman–Crippen MR) is 119 cm³/mol. The number of nitrogens with zero attached hydrogens (tertiary/aromatic N) is 3. The van der Waals surface area contributed by atoms with Gasteiger partial charge in [0.25, 0.3) is 5.91 Å². The van der Waals surface area contributed by atoms with Crippen LogP contribution in [0.15, 0.2) is 48.8 Å². The van der Waals surface area contributed by atoms with Gasteiger partial charge in [-0.15, -0.1) is 0 Å². The average molecular weight is 403 g/mol. The number of amides is 1. The van der Waals surface area contributed by atoms with E-state index in [0.717, 1.165) is 27.6 Å². The molecule has 0 aliphatic carbocycles. The van der Waals surface area contributed by atoms with Gasteiger partial charge in [-0.2, -0.15) is 0 Å². The Bertz CT molecular complexity index is 1110. The zero-order chi connectivity index (χ0) is 21.7. The fraction of sp³-hybridized carbons (Fsp3) is 0.348. The number of hydrogen-bond acceptors (Lipinski definition) is 5. The van der Waals surface area contributed by atoms with Crippen molar-refractivity contribution in [3.05, 3.63) is 54.4 Å². The molecule has 0 saturated carbocycles. The van der Waals surface area contributed by atoms with Crippen LogP contribution in [0.4, 0.5) is 0 Å². The topological polar surface area (TPSA) is 64.6 Å². The van der Waals surface area contributed by atoms with Gasteiger partial charge in [0.15, 0.2) is 0 Å².